The van der Waals surface area contributed by atoms with Gasteiger partial charge in [-0.15, -0.1) is 0 Å². The van der Waals surface area contributed by atoms with Gasteiger partial charge in [0.1, 0.15) is 5.75 Å². The molecule has 24 heavy (non-hydrogen) atoms. The van der Waals surface area contributed by atoms with E-state index < -0.39 is 0 Å². The van der Waals surface area contributed by atoms with E-state index in [0.717, 1.165) is 41.3 Å². The van der Waals surface area contributed by atoms with Gasteiger partial charge in [0, 0.05) is 23.4 Å². The summed E-state index contributed by atoms with van der Waals surface area (Å²) in [5.41, 5.74) is 4.71. The normalized spacial score (nSPS) is 21.8. The fourth-order valence-corrected chi connectivity index (χ4v) is 3.67. The molecule has 0 spiro atoms. The molecule has 2 aliphatic rings. The van der Waals surface area contributed by atoms with E-state index >= 15 is 0 Å². The Morgan fingerprint density at radius 1 is 1.21 bits per heavy atom. The van der Waals surface area contributed by atoms with Gasteiger partial charge in [0.05, 0.1) is 11.8 Å². The van der Waals surface area contributed by atoms with Crippen molar-refractivity contribution in [2.45, 2.75) is 45.4 Å². The van der Waals surface area contributed by atoms with E-state index in [1.54, 1.807) is 0 Å². The van der Waals surface area contributed by atoms with Crippen molar-refractivity contribution < 1.29 is 4.74 Å². The van der Waals surface area contributed by atoms with Crippen molar-refractivity contribution in [3.63, 3.8) is 0 Å². The second kappa shape index (κ2) is 6.14. The molecule has 0 bridgehead atoms. The molecule has 2 atom stereocenters. The standard InChI is InChI=1S/C20H21ClN2O/c1-3-4-20-23-18(16-11-15(21)9-10-19(16)24-20)12-17(22-23)14-7-5-13(2)6-8-14/h5-11,18,20H,3-4,12H2,1-2H3/t18-,20-/m0/s1. The van der Waals surface area contributed by atoms with Crippen molar-refractivity contribution in [3.8, 4) is 5.75 Å². The fourth-order valence-electron chi connectivity index (χ4n) is 3.49. The number of hydrogen-bond donors (Lipinski definition) is 0. The molecule has 0 radical (unpaired) electrons. The fraction of sp³-hybridized carbons (Fsp3) is 0.350. The third kappa shape index (κ3) is 2.67. The lowest BCUT2D eigenvalue weighted by Gasteiger charge is -2.38. The van der Waals surface area contributed by atoms with Crippen LogP contribution in [0.1, 0.15) is 48.9 Å². The number of hydrazone groups is 1. The Morgan fingerprint density at radius 2 is 2.00 bits per heavy atom. The Balaban J connectivity index is 1.72. The van der Waals surface area contributed by atoms with Gasteiger partial charge in [-0.2, -0.15) is 5.10 Å². The lowest BCUT2D eigenvalue weighted by molar-refractivity contribution is -0.0223. The van der Waals surface area contributed by atoms with Gasteiger partial charge < -0.3 is 4.74 Å². The van der Waals surface area contributed by atoms with Gasteiger partial charge in [-0.05, 0) is 30.7 Å². The molecule has 0 N–H and O–H groups in total. The molecule has 0 aliphatic carbocycles. The van der Waals surface area contributed by atoms with E-state index in [2.05, 4.69) is 43.1 Å². The average molecular weight is 341 g/mol. The van der Waals surface area contributed by atoms with Crippen LogP contribution in [0.2, 0.25) is 5.02 Å². The second-order valence-electron chi connectivity index (χ2n) is 6.56. The first kappa shape index (κ1) is 15.5. The van der Waals surface area contributed by atoms with E-state index in [1.165, 1.54) is 11.1 Å². The maximum absolute atomic E-state index is 6.22. The van der Waals surface area contributed by atoms with Crippen LogP contribution in [-0.4, -0.2) is 16.9 Å². The largest absolute Gasteiger partial charge is 0.469 e. The number of rotatable bonds is 3. The van der Waals surface area contributed by atoms with Gasteiger partial charge >= 0.3 is 0 Å². The first-order valence-corrected chi connectivity index (χ1v) is 8.92. The van der Waals surface area contributed by atoms with Crippen molar-refractivity contribution in [2.24, 2.45) is 5.10 Å². The smallest absolute Gasteiger partial charge is 0.187 e. The Bertz CT molecular complexity index is 785. The highest BCUT2D eigenvalue weighted by Gasteiger charge is 2.39. The van der Waals surface area contributed by atoms with Crippen LogP contribution in [-0.2, 0) is 0 Å². The zero-order chi connectivity index (χ0) is 16.7. The molecule has 124 valence electrons. The molecule has 0 fully saturated rings. The Morgan fingerprint density at radius 3 is 2.75 bits per heavy atom. The Labute approximate surface area is 147 Å². The van der Waals surface area contributed by atoms with E-state index in [1.807, 2.05) is 18.2 Å². The summed E-state index contributed by atoms with van der Waals surface area (Å²) in [7, 11) is 0. The van der Waals surface area contributed by atoms with E-state index in [0.29, 0.717) is 0 Å². The van der Waals surface area contributed by atoms with Crippen LogP contribution in [0.5, 0.6) is 5.75 Å². The number of benzene rings is 2. The predicted octanol–water partition coefficient (Wildman–Crippen LogP) is 5.32. The first-order valence-electron chi connectivity index (χ1n) is 8.54. The highest BCUT2D eigenvalue weighted by atomic mass is 35.5. The second-order valence-corrected chi connectivity index (χ2v) is 6.99. The van der Waals surface area contributed by atoms with Gasteiger partial charge in [0.2, 0.25) is 0 Å². The monoisotopic (exact) mass is 340 g/mol. The Kier molecular flexibility index (Phi) is 3.97. The number of fused-ring (bicyclic) bond motifs is 3. The molecule has 2 aliphatic heterocycles. The van der Waals surface area contributed by atoms with Gasteiger partial charge in [-0.25, -0.2) is 0 Å². The minimum Gasteiger partial charge on any atom is -0.469 e. The van der Waals surface area contributed by atoms with Crippen molar-refractivity contribution >= 4 is 17.3 Å². The third-order valence-corrected chi connectivity index (χ3v) is 4.99. The molecule has 2 heterocycles. The number of nitrogens with zero attached hydrogens (tertiary/aromatic N) is 2. The number of hydrogen-bond acceptors (Lipinski definition) is 3. The minimum absolute atomic E-state index is 0.00313. The first-order chi connectivity index (χ1) is 11.7. The highest BCUT2D eigenvalue weighted by Crippen LogP contribution is 2.44. The number of aryl methyl sites for hydroxylation is 1. The minimum atomic E-state index is -0.00313. The van der Waals surface area contributed by atoms with Gasteiger partial charge in [0.25, 0.3) is 0 Å². The van der Waals surface area contributed by atoms with E-state index in [-0.39, 0.29) is 12.3 Å². The Hall–Kier alpha value is -2.00. The maximum atomic E-state index is 6.22. The zero-order valence-corrected chi connectivity index (χ0v) is 14.8. The SMILES string of the molecule is CCC[C@@H]1Oc2ccc(Cl)cc2[C@@H]2CC(c3ccc(C)cc3)=NN12. The summed E-state index contributed by atoms with van der Waals surface area (Å²) >= 11 is 6.22. The van der Waals surface area contributed by atoms with Crippen LogP contribution in [0.15, 0.2) is 47.6 Å². The zero-order valence-electron chi connectivity index (χ0n) is 14.0. The van der Waals surface area contributed by atoms with Crippen LogP contribution < -0.4 is 4.74 Å². The van der Waals surface area contributed by atoms with Crippen molar-refractivity contribution in [1.82, 2.24) is 5.01 Å². The van der Waals surface area contributed by atoms with E-state index in [4.69, 9.17) is 21.4 Å². The van der Waals surface area contributed by atoms with Crippen molar-refractivity contribution in [1.29, 1.82) is 0 Å². The molecule has 4 heteroatoms. The van der Waals surface area contributed by atoms with Crippen LogP contribution >= 0.6 is 11.6 Å². The van der Waals surface area contributed by atoms with Gasteiger partial charge in [-0.3, -0.25) is 5.01 Å². The molecule has 4 rings (SSSR count). The lowest BCUT2D eigenvalue weighted by Crippen LogP contribution is -2.40. The molecule has 0 amide bonds. The summed E-state index contributed by atoms with van der Waals surface area (Å²) in [6.07, 6.45) is 2.91. The highest BCUT2D eigenvalue weighted by molar-refractivity contribution is 6.30. The third-order valence-electron chi connectivity index (χ3n) is 4.75. The summed E-state index contributed by atoms with van der Waals surface area (Å²) in [6, 6.07) is 14.7. The lowest BCUT2D eigenvalue weighted by atomic mass is 9.96. The summed E-state index contributed by atoms with van der Waals surface area (Å²) in [5.74, 6) is 0.944. The molecular weight excluding hydrogens is 320 g/mol. The molecule has 0 aromatic heterocycles. The van der Waals surface area contributed by atoms with E-state index in [9.17, 15) is 0 Å². The topological polar surface area (TPSA) is 24.8 Å². The van der Waals surface area contributed by atoms with Gasteiger partial charge in [0.15, 0.2) is 6.23 Å². The summed E-state index contributed by atoms with van der Waals surface area (Å²) in [6.45, 7) is 4.28. The molecular formula is C20H21ClN2O. The summed E-state index contributed by atoms with van der Waals surface area (Å²) in [5, 5.41) is 7.80. The average Bonchev–Trinajstić information content (AvgIpc) is 3.02. The van der Waals surface area contributed by atoms with Gasteiger partial charge in [-0.1, -0.05) is 54.8 Å². The summed E-state index contributed by atoms with van der Waals surface area (Å²) < 4.78 is 6.20. The van der Waals surface area contributed by atoms with Crippen LogP contribution in [0.3, 0.4) is 0 Å². The van der Waals surface area contributed by atoms with Crippen LogP contribution in [0.25, 0.3) is 0 Å². The van der Waals surface area contributed by atoms with Crippen LogP contribution in [0, 0.1) is 6.92 Å². The quantitative estimate of drug-likeness (QED) is 0.755. The van der Waals surface area contributed by atoms with Crippen LogP contribution in [0.4, 0.5) is 0 Å². The molecule has 2 aromatic carbocycles. The van der Waals surface area contributed by atoms with Crippen molar-refractivity contribution in [3.05, 3.63) is 64.2 Å². The molecule has 3 nitrogen and oxygen atoms in total. The molecule has 2 aromatic rings. The number of halogens is 1. The molecule has 0 unspecified atom stereocenters. The molecule has 0 saturated heterocycles. The van der Waals surface area contributed by atoms with Crippen molar-refractivity contribution in [2.75, 3.05) is 0 Å². The molecule has 0 saturated carbocycles. The predicted molar refractivity (Wildman–Crippen MR) is 97.7 cm³/mol. The maximum Gasteiger partial charge on any atom is 0.187 e. The number of ether oxygens (including phenoxy) is 1. The summed E-state index contributed by atoms with van der Waals surface area (Å²) in [4.78, 5) is 0.